The summed E-state index contributed by atoms with van der Waals surface area (Å²) in [6.07, 6.45) is 8.92. The fraction of sp³-hybridized carbons (Fsp3) is 0.800. The van der Waals surface area contributed by atoms with Crippen LogP contribution in [0, 0.1) is 5.92 Å². The molecule has 2 aliphatic carbocycles. The average molecular weight is 308 g/mol. The molecule has 2 aliphatic rings. The number of rotatable bonds is 6. The first-order chi connectivity index (χ1) is 10.1. The van der Waals surface area contributed by atoms with Gasteiger partial charge in [0.15, 0.2) is 5.16 Å². The molecular weight excluding hydrogens is 284 g/mol. The van der Waals surface area contributed by atoms with Gasteiger partial charge in [0.25, 0.3) is 0 Å². The number of nitrogens with one attached hydrogen (secondary N) is 1. The van der Waals surface area contributed by atoms with Crippen molar-refractivity contribution in [3.8, 4) is 0 Å². The molecule has 0 spiro atoms. The zero-order valence-electron chi connectivity index (χ0n) is 12.8. The van der Waals surface area contributed by atoms with E-state index in [1.807, 2.05) is 0 Å². The summed E-state index contributed by atoms with van der Waals surface area (Å²) in [5, 5.41) is 12.2. The monoisotopic (exact) mass is 308 g/mol. The number of carbonyl (C=O) groups is 1. The smallest absolute Gasteiger partial charge is 0.234 e. The van der Waals surface area contributed by atoms with E-state index < -0.39 is 0 Å². The van der Waals surface area contributed by atoms with Gasteiger partial charge in [-0.05, 0) is 31.6 Å². The van der Waals surface area contributed by atoms with Crippen LogP contribution < -0.4 is 5.32 Å². The van der Waals surface area contributed by atoms with Crippen molar-refractivity contribution in [2.45, 2.75) is 74.9 Å². The SMILES string of the molecule is CC(C)C(Sc1nncn1C1CC1)C(=O)NC1CCCC1. The molecule has 0 radical (unpaired) electrons. The maximum absolute atomic E-state index is 12.6. The molecule has 1 atom stereocenters. The summed E-state index contributed by atoms with van der Waals surface area (Å²) in [5.41, 5.74) is 0. The summed E-state index contributed by atoms with van der Waals surface area (Å²) in [4.78, 5) is 12.6. The number of hydrogen-bond donors (Lipinski definition) is 1. The Labute approximate surface area is 130 Å². The molecule has 6 heteroatoms. The second-order valence-electron chi connectivity index (χ2n) is 6.52. The number of nitrogens with zero attached hydrogens (tertiary/aromatic N) is 3. The Balaban J connectivity index is 1.65. The summed E-state index contributed by atoms with van der Waals surface area (Å²) >= 11 is 1.57. The van der Waals surface area contributed by atoms with Gasteiger partial charge in [0.05, 0.1) is 5.25 Å². The summed E-state index contributed by atoms with van der Waals surface area (Å²) in [7, 11) is 0. The van der Waals surface area contributed by atoms with E-state index in [0.717, 1.165) is 18.0 Å². The third-order valence-corrected chi connectivity index (χ3v) is 5.79. The van der Waals surface area contributed by atoms with Gasteiger partial charge in [0, 0.05) is 12.1 Å². The van der Waals surface area contributed by atoms with E-state index in [4.69, 9.17) is 0 Å². The van der Waals surface area contributed by atoms with E-state index >= 15 is 0 Å². The van der Waals surface area contributed by atoms with E-state index in [2.05, 4.69) is 33.9 Å². The third-order valence-electron chi connectivity index (χ3n) is 4.28. The Morgan fingerprint density at radius 2 is 2.05 bits per heavy atom. The van der Waals surface area contributed by atoms with Crippen LogP contribution in [0.2, 0.25) is 0 Å². The molecule has 1 aromatic heterocycles. The molecule has 1 amide bonds. The van der Waals surface area contributed by atoms with Crippen molar-refractivity contribution >= 4 is 17.7 Å². The number of thioether (sulfide) groups is 1. The van der Waals surface area contributed by atoms with Crippen molar-refractivity contribution in [3.63, 3.8) is 0 Å². The summed E-state index contributed by atoms with van der Waals surface area (Å²) in [6, 6.07) is 0.925. The minimum atomic E-state index is -0.0905. The first-order valence-electron chi connectivity index (χ1n) is 8.01. The highest BCUT2D eigenvalue weighted by Crippen LogP contribution is 2.38. The van der Waals surface area contributed by atoms with Gasteiger partial charge in [-0.25, -0.2) is 0 Å². The number of amides is 1. The quantitative estimate of drug-likeness (QED) is 0.821. The zero-order chi connectivity index (χ0) is 14.8. The lowest BCUT2D eigenvalue weighted by atomic mass is 10.1. The predicted molar refractivity (Wildman–Crippen MR) is 83.2 cm³/mol. The van der Waals surface area contributed by atoms with Crippen molar-refractivity contribution in [2.24, 2.45) is 5.92 Å². The van der Waals surface area contributed by atoms with E-state index in [-0.39, 0.29) is 17.1 Å². The molecule has 3 rings (SSSR count). The van der Waals surface area contributed by atoms with Crippen molar-refractivity contribution in [1.82, 2.24) is 20.1 Å². The Morgan fingerprint density at radius 1 is 1.33 bits per heavy atom. The van der Waals surface area contributed by atoms with Gasteiger partial charge in [-0.3, -0.25) is 4.79 Å². The van der Waals surface area contributed by atoms with E-state index in [0.29, 0.717) is 12.1 Å². The van der Waals surface area contributed by atoms with Crippen molar-refractivity contribution in [2.75, 3.05) is 0 Å². The van der Waals surface area contributed by atoms with Gasteiger partial charge < -0.3 is 9.88 Å². The Bertz CT molecular complexity index is 492. The van der Waals surface area contributed by atoms with Gasteiger partial charge in [0.1, 0.15) is 6.33 Å². The lowest BCUT2D eigenvalue weighted by Crippen LogP contribution is -2.41. The van der Waals surface area contributed by atoms with Crippen LogP contribution >= 0.6 is 11.8 Å². The van der Waals surface area contributed by atoms with E-state index in [1.54, 1.807) is 18.1 Å². The van der Waals surface area contributed by atoms with Gasteiger partial charge in [-0.2, -0.15) is 0 Å². The zero-order valence-corrected chi connectivity index (χ0v) is 13.6. The highest BCUT2D eigenvalue weighted by atomic mass is 32.2. The topological polar surface area (TPSA) is 59.8 Å². The Morgan fingerprint density at radius 3 is 2.67 bits per heavy atom. The fourth-order valence-corrected chi connectivity index (χ4v) is 3.97. The van der Waals surface area contributed by atoms with Crippen molar-refractivity contribution in [1.29, 1.82) is 0 Å². The van der Waals surface area contributed by atoms with Gasteiger partial charge in [-0.1, -0.05) is 38.5 Å². The summed E-state index contributed by atoms with van der Waals surface area (Å²) in [5.74, 6) is 0.438. The first-order valence-corrected chi connectivity index (χ1v) is 8.89. The van der Waals surface area contributed by atoms with Gasteiger partial charge in [0.2, 0.25) is 5.91 Å². The van der Waals surface area contributed by atoms with Gasteiger partial charge in [-0.15, -0.1) is 10.2 Å². The molecule has 1 unspecified atom stereocenters. The van der Waals surface area contributed by atoms with E-state index in [9.17, 15) is 4.79 Å². The molecule has 1 aromatic rings. The number of aromatic nitrogens is 3. The molecule has 2 fully saturated rings. The van der Waals surface area contributed by atoms with E-state index in [1.165, 1.54) is 25.7 Å². The van der Waals surface area contributed by atoms with Gasteiger partial charge >= 0.3 is 0 Å². The summed E-state index contributed by atoms with van der Waals surface area (Å²) < 4.78 is 2.13. The number of carbonyl (C=O) groups excluding carboxylic acids is 1. The Hall–Kier alpha value is -1.04. The third kappa shape index (κ3) is 3.59. The van der Waals surface area contributed by atoms with Crippen molar-refractivity contribution in [3.05, 3.63) is 6.33 Å². The average Bonchev–Trinajstić information content (AvgIpc) is 2.97. The fourth-order valence-electron chi connectivity index (χ4n) is 2.88. The highest BCUT2D eigenvalue weighted by Gasteiger charge is 2.31. The molecule has 0 bridgehead atoms. The van der Waals surface area contributed by atoms with Crippen LogP contribution in [-0.4, -0.2) is 32.0 Å². The van der Waals surface area contributed by atoms with Crippen LogP contribution in [0.15, 0.2) is 11.5 Å². The first kappa shape index (κ1) is 14.9. The minimum absolute atomic E-state index is 0.0905. The maximum Gasteiger partial charge on any atom is 0.234 e. The van der Waals surface area contributed by atoms with Crippen LogP contribution in [0.4, 0.5) is 0 Å². The molecule has 21 heavy (non-hydrogen) atoms. The van der Waals surface area contributed by atoms with Crippen LogP contribution in [-0.2, 0) is 4.79 Å². The van der Waals surface area contributed by atoms with Crippen LogP contribution in [0.1, 0.15) is 58.4 Å². The lowest BCUT2D eigenvalue weighted by molar-refractivity contribution is -0.121. The van der Waals surface area contributed by atoms with Crippen LogP contribution in [0.3, 0.4) is 0 Å². The molecule has 0 saturated heterocycles. The normalized spacial score (nSPS) is 20.9. The molecule has 1 N–H and O–H groups in total. The highest BCUT2D eigenvalue weighted by molar-refractivity contribution is 8.00. The summed E-state index contributed by atoms with van der Waals surface area (Å²) in [6.45, 7) is 4.20. The molecule has 5 nitrogen and oxygen atoms in total. The molecule has 2 saturated carbocycles. The molecule has 0 aromatic carbocycles. The lowest BCUT2D eigenvalue weighted by Gasteiger charge is -2.22. The second-order valence-corrected chi connectivity index (χ2v) is 7.63. The molecule has 116 valence electrons. The Kier molecular flexibility index (Phi) is 4.52. The standard InChI is InChI=1S/C15H24N4OS/c1-10(2)13(14(20)17-11-5-3-4-6-11)21-15-18-16-9-19(15)12-7-8-12/h9-13H,3-8H2,1-2H3,(H,17,20). The van der Waals surface area contributed by atoms with Crippen molar-refractivity contribution < 1.29 is 4.79 Å². The second kappa shape index (κ2) is 6.38. The molecule has 1 heterocycles. The maximum atomic E-state index is 12.6. The number of hydrogen-bond acceptors (Lipinski definition) is 4. The predicted octanol–water partition coefficient (Wildman–Crippen LogP) is 2.79. The molecular formula is C15H24N4OS. The largest absolute Gasteiger partial charge is 0.352 e. The van der Waals surface area contributed by atoms with Crippen LogP contribution in [0.25, 0.3) is 0 Å². The minimum Gasteiger partial charge on any atom is -0.352 e. The van der Waals surface area contributed by atoms with Crippen LogP contribution in [0.5, 0.6) is 0 Å². The molecule has 0 aliphatic heterocycles.